The number of rotatable bonds is 2. The molecule has 1 aromatic carbocycles. The third kappa shape index (κ3) is 3.05. The molecule has 1 unspecified atom stereocenters. The lowest BCUT2D eigenvalue weighted by molar-refractivity contribution is -0.276. The molecular weight excluding hydrogens is 403 g/mol. The van der Waals surface area contributed by atoms with E-state index in [0.717, 1.165) is 6.07 Å². The Kier molecular flexibility index (Phi) is 4.42. The van der Waals surface area contributed by atoms with Crippen LogP contribution in [0.1, 0.15) is 17.5 Å². The van der Waals surface area contributed by atoms with Crippen LogP contribution in [0.3, 0.4) is 0 Å². The zero-order chi connectivity index (χ0) is 16.8. The molecule has 10 heteroatoms. The minimum atomic E-state index is -4.96. The van der Waals surface area contributed by atoms with E-state index in [4.69, 9.17) is 11.6 Å². The van der Waals surface area contributed by atoms with Crippen molar-refractivity contribution in [2.45, 2.75) is 24.4 Å². The summed E-state index contributed by atoms with van der Waals surface area (Å²) in [6.45, 7) is 0. The molecule has 1 aliphatic rings. The number of alkyl halides is 7. The zero-order valence-electron chi connectivity index (χ0n) is 10.5. The predicted molar refractivity (Wildman–Crippen MR) is 71.1 cm³/mol. The van der Waals surface area contributed by atoms with Gasteiger partial charge in [-0.05, 0) is 18.2 Å². The van der Waals surface area contributed by atoms with Gasteiger partial charge in [0.05, 0.1) is 11.3 Å². The van der Waals surface area contributed by atoms with Crippen molar-refractivity contribution in [3.63, 3.8) is 0 Å². The van der Waals surface area contributed by atoms with Gasteiger partial charge in [0.2, 0.25) is 0 Å². The molecule has 2 nitrogen and oxygen atoms in total. The summed E-state index contributed by atoms with van der Waals surface area (Å²) in [5.74, 6) is 0. The van der Waals surface area contributed by atoms with Gasteiger partial charge in [-0.1, -0.05) is 32.7 Å². The summed E-state index contributed by atoms with van der Waals surface area (Å²) in [6.07, 6.45) is -10.5. The number of hydrogen-bond acceptors (Lipinski definition) is 2. The van der Waals surface area contributed by atoms with Gasteiger partial charge in [0, 0.05) is 22.3 Å². The third-order valence-corrected chi connectivity index (χ3v) is 3.95. The van der Waals surface area contributed by atoms with Gasteiger partial charge in [-0.25, -0.2) is 0 Å². The Morgan fingerprint density at radius 3 is 2.27 bits per heavy atom. The summed E-state index contributed by atoms with van der Waals surface area (Å²) in [6, 6.07) is 1.74. The third-order valence-electron chi connectivity index (χ3n) is 3.09. The Labute approximate surface area is 134 Å². The molecule has 122 valence electrons. The van der Waals surface area contributed by atoms with E-state index in [2.05, 4.69) is 25.9 Å². The van der Waals surface area contributed by atoms with Gasteiger partial charge in [-0.2, -0.15) is 26.3 Å². The summed E-state index contributed by atoms with van der Waals surface area (Å²) in [7, 11) is 0. The van der Waals surface area contributed by atoms with E-state index in [1.165, 1.54) is 0 Å². The minimum Gasteiger partial charge on any atom is -0.374 e. The Morgan fingerprint density at radius 1 is 1.18 bits per heavy atom. The SMILES string of the molecule is FC(F)(F)c1cc(Cl)cc(C2(C(F)(F)F)CC(CBr)=NO2)c1. The summed E-state index contributed by atoms with van der Waals surface area (Å²) < 4.78 is 78.6. The first kappa shape index (κ1) is 17.4. The van der Waals surface area contributed by atoms with E-state index >= 15 is 0 Å². The molecule has 0 aromatic heterocycles. The van der Waals surface area contributed by atoms with Crippen molar-refractivity contribution < 1.29 is 31.2 Å². The van der Waals surface area contributed by atoms with Crippen molar-refractivity contribution in [2.75, 3.05) is 5.33 Å². The maximum atomic E-state index is 13.4. The van der Waals surface area contributed by atoms with Crippen molar-refractivity contribution in [1.82, 2.24) is 0 Å². The fraction of sp³-hybridized carbons (Fsp3) is 0.417. The predicted octanol–water partition coefficient (Wildman–Crippen LogP) is 5.29. The van der Waals surface area contributed by atoms with Crippen LogP contribution in [0.15, 0.2) is 23.4 Å². The first-order chi connectivity index (χ1) is 9.99. The highest BCUT2D eigenvalue weighted by molar-refractivity contribution is 9.09. The maximum Gasteiger partial charge on any atom is 0.435 e. The van der Waals surface area contributed by atoms with Crippen LogP contribution in [0.25, 0.3) is 0 Å². The molecule has 22 heavy (non-hydrogen) atoms. The summed E-state index contributed by atoms with van der Waals surface area (Å²) in [5, 5.41) is 2.84. The number of hydrogen-bond donors (Lipinski definition) is 0. The molecule has 0 fully saturated rings. The fourth-order valence-electron chi connectivity index (χ4n) is 2.02. The molecular formula is C12H7BrClF6NO. The molecule has 1 heterocycles. The monoisotopic (exact) mass is 409 g/mol. The highest BCUT2D eigenvalue weighted by Crippen LogP contribution is 2.49. The van der Waals surface area contributed by atoms with Crippen molar-refractivity contribution in [1.29, 1.82) is 0 Å². The number of benzene rings is 1. The van der Waals surface area contributed by atoms with Crippen LogP contribution in [0.5, 0.6) is 0 Å². The van der Waals surface area contributed by atoms with E-state index in [1.54, 1.807) is 0 Å². The second-order valence-electron chi connectivity index (χ2n) is 4.61. The normalized spacial score (nSPS) is 22.5. The zero-order valence-corrected chi connectivity index (χ0v) is 12.9. The molecule has 0 saturated carbocycles. The van der Waals surface area contributed by atoms with Gasteiger partial charge in [0.25, 0.3) is 5.60 Å². The average Bonchev–Trinajstić information content (AvgIpc) is 2.82. The molecule has 0 bridgehead atoms. The van der Waals surface area contributed by atoms with E-state index in [-0.39, 0.29) is 11.0 Å². The van der Waals surface area contributed by atoms with Gasteiger partial charge >= 0.3 is 12.4 Å². The first-order valence-electron chi connectivity index (χ1n) is 5.74. The molecule has 0 spiro atoms. The lowest BCUT2D eigenvalue weighted by Gasteiger charge is -2.30. The fourth-order valence-corrected chi connectivity index (χ4v) is 2.56. The average molecular weight is 411 g/mol. The van der Waals surface area contributed by atoms with E-state index in [0.29, 0.717) is 12.1 Å². The standard InChI is InChI=1S/C12H7BrClF6NO/c13-5-9-4-10(22-21-9,12(18,19)20)6-1-7(11(15,16)17)3-8(14)2-6/h1-3H,4-5H2. The van der Waals surface area contributed by atoms with Crippen molar-refractivity contribution in [3.8, 4) is 0 Å². The van der Waals surface area contributed by atoms with Gasteiger partial charge < -0.3 is 4.84 Å². The quantitative estimate of drug-likeness (QED) is 0.480. The van der Waals surface area contributed by atoms with Crippen molar-refractivity contribution in [3.05, 3.63) is 34.3 Å². The largest absolute Gasteiger partial charge is 0.435 e. The lowest BCUT2D eigenvalue weighted by atomic mass is 9.87. The summed E-state index contributed by atoms with van der Waals surface area (Å²) in [4.78, 5) is 4.52. The summed E-state index contributed by atoms with van der Waals surface area (Å²) >= 11 is 8.49. The van der Waals surface area contributed by atoms with E-state index in [9.17, 15) is 26.3 Å². The summed E-state index contributed by atoms with van der Waals surface area (Å²) in [5.41, 5.74) is -4.96. The highest BCUT2D eigenvalue weighted by Gasteiger charge is 2.62. The van der Waals surface area contributed by atoms with Gasteiger partial charge in [0.1, 0.15) is 0 Å². The lowest BCUT2D eigenvalue weighted by Crippen LogP contribution is -2.43. The molecule has 0 N–H and O–H groups in total. The highest BCUT2D eigenvalue weighted by atomic mass is 79.9. The number of nitrogens with zero attached hydrogens (tertiary/aromatic N) is 1. The number of oxime groups is 1. The van der Waals surface area contributed by atoms with Crippen LogP contribution in [0, 0.1) is 0 Å². The molecule has 0 radical (unpaired) electrons. The van der Waals surface area contributed by atoms with Crippen molar-refractivity contribution >= 4 is 33.2 Å². The van der Waals surface area contributed by atoms with E-state index in [1.807, 2.05) is 0 Å². The molecule has 1 atom stereocenters. The molecule has 1 aliphatic heterocycles. The van der Waals surface area contributed by atoms with Crippen LogP contribution >= 0.6 is 27.5 Å². The molecule has 0 aliphatic carbocycles. The van der Waals surface area contributed by atoms with Crippen molar-refractivity contribution in [2.24, 2.45) is 5.16 Å². The molecule has 1 aromatic rings. The van der Waals surface area contributed by atoms with Crippen LogP contribution in [0.2, 0.25) is 5.02 Å². The first-order valence-corrected chi connectivity index (χ1v) is 7.24. The van der Waals surface area contributed by atoms with Crippen LogP contribution in [0.4, 0.5) is 26.3 Å². The second-order valence-corrected chi connectivity index (χ2v) is 5.61. The molecule has 2 rings (SSSR count). The van der Waals surface area contributed by atoms with Crippen LogP contribution < -0.4 is 0 Å². The second kappa shape index (κ2) is 5.59. The number of halogens is 8. The van der Waals surface area contributed by atoms with Gasteiger partial charge in [0.15, 0.2) is 0 Å². The smallest absolute Gasteiger partial charge is 0.374 e. The van der Waals surface area contributed by atoms with Gasteiger partial charge in [-0.3, -0.25) is 0 Å². The van der Waals surface area contributed by atoms with E-state index < -0.39 is 40.5 Å². The maximum absolute atomic E-state index is 13.4. The molecule has 0 amide bonds. The van der Waals surface area contributed by atoms with Crippen LogP contribution in [-0.4, -0.2) is 17.2 Å². The Bertz CT molecular complexity index is 615. The Balaban J connectivity index is 2.58. The van der Waals surface area contributed by atoms with Crippen LogP contribution in [-0.2, 0) is 16.6 Å². The molecule has 0 saturated heterocycles. The van der Waals surface area contributed by atoms with Gasteiger partial charge in [-0.15, -0.1) is 0 Å². The Hall–Kier alpha value is -0.960. The Morgan fingerprint density at radius 2 is 1.82 bits per heavy atom. The minimum absolute atomic E-state index is 0.0114. The topological polar surface area (TPSA) is 21.6 Å².